The Labute approximate surface area is 143 Å². The molecule has 25 heavy (non-hydrogen) atoms. The first kappa shape index (κ1) is 16.7. The first-order chi connectivity index (χ1) is 12.0. The van der Waals surface area contributed by atoms with Crippen LogP contribution in [0.15, 0.2) is 48.7 Å². The van der Waals surface area contributed by atoms with Crippen molar-refractivity contribution in [2.75, 3.05) is 7.11 Å². The van der Waals surface area contributed by atoms with E-state index in [0.717, 1.165) is 17.0 Å². The van der Waals surface area contributed by atoms with E-state index in [1.165, 1.54) is 26.2 Å². The van der Waals surface area contributed by atoms with Gasteiger partial charge in [-0.05, 0) is 31.2 Å². The number of fused-ring (bicyclic) bond motifs is 1. The van der Waals surface area contributed by atoms with Gasteiger partial charge in [-0.2, -0.15) is 0 Å². The van der Waals surface area contributed by atoms with Crippen molar-refractivity contribution < 1.29 is 23.5 Å². The number of halogens is 1. The van der Waals surface area contributed by atoms with Crippen molar-refractivity contribution in [2.45, 2.75) is 13.0 Å². The SMILES string of the molecule is COc1ccc(C(=O)OC(C)C(=O)c2c[nH]c3ccccc23)cc1F. The fourth-order valence-electron chi connectivity index (χ4n) is 2.57. The van der Waals surface area contributed by atoms with E-state index >= 15 is 0 Å². The molecule has 1 N–H and O–H groups in total. The molecule has 0 aliphatic rings. The summed E-state index contributed by atoms with van der Waals surface area (Å²) in [7, 11) is 1.33. The first-order valence-corrected chi connectivity index (χ1v) is 7.66. The van der Waals surface area contributed by atoms with Crippen LogP contribution in [0.2, 0.25) is 0 Å². The zero-order valence-electron chi connectivity index (χ0n) is 13.7. The summed E-state index contributed by atoms with van der Waals surface area (Å²) < 4.78 is 23.7. The van der Waals surface area contributed by atoms with E-state index in [9.17, 15) is 14.0 Å². The van der Waals surface area contributed by atoms with Gasteiger partial charge in [-0.3, -0.25) is 4.79 Å². The number of rotatable bonds is 5. The average Bonchev–Trinajstić information content (AvgIpc) is 3.04. The van der Waals surface area contributed by atoms with Crippen molar-refractivity contribution in [1.29, 1.82) is 0 Å². The molecule has 0 amide bonds. The Hall–Kier alpha value is -3.15. The molecule has 1 aromatic heterocycles. The molecule has 1 heterocycles. The highest BCUT2D eigenvalue weighted by Crippen LogP contribution is 2.21. The number of esters is 1. The number of nitrogens with one attached hydrogen (secondary N) is 1. The fourth-order valence-corrected chi connectivity index (χ4v) is 2.57. The molecule has 0 radical (unpaired) electrons. The number of H-pyrrole nitrogens is 1. The summed E-state index contributed by atoms with van der Waals surface area (Å²) in [6, 6.07) is 11.1. The molecule has 0 saturated heterocycles. The molecule has 0 fully saturated rings. The molecule has 0 aliphatic carbocycles. The second-order valence-corrected chi connectivity index (χ2v) is 5.51. The Bertz CT molecular complexity index is 948. The minimum Gasteiger partial charge on any atom is -0.494 e. The number of para-hydroxylation sites is 1. The number of ether oxygens (including phenoxy) is 2. The Kier molecular flexibility index (Phi) is 4.52. The van der Waals surface area contributed by atoms with Gasteiger partial charge in [-0.15, -0.1) is 0 Å². The average molecular weight is 341 g/mol. The van der Waals surface area contributed by atoms with Gasteiger partial charge in [0.2, 0.25) is 5.78 Å². The van der Waals surface area contributed by atoms with E-state index in [0.29, 0.717) is 5.56 Å². The third-order valence-corrected chi connectivity index (χ3v) is 3.90. The third-order valence-electron chi connectivity index (χ3n) is 3.90. The summed E-state index contributed by atoms with van der Waals surface area (Å²) in [6.45, 7) is 1.49. The van der Waals surface area contributed by atoms with E-state index in [2.05, 4.69) is 4.98 Å². The number of carbonyl (C=O) groups is 2. The van der Waals surface area contributed by atoms with E-state index in [1.54, 1.807) is 6.20 Å². The van der Waals surface area contributed by atoms with Gasteiger partial charge < -0.3 is 14.5 Å². The number of carbonyl (C=O) groups excluding carboxylic acids is 2. The van der Waals surface area contributed by atoms with E-state index in [4.69, 9.17) is 9.47 Å². The zero-order chi connectivity index (χ0) is 18.0. The molecule has 128 valence electrons. The summed E-state index contributed by atoms with van der Waals surface area (Å²) in [6.07, 6.45) is 0.585. The molecular formula is C19H16FNO4. The topological polar surface area (TPSA) is 68.4 Å². The molecule has 5 nitrogen and oxygen atoms in total. The van der Waals surface area contributed by atoms with Gasteiger partial charge >= 0.3 is 5.97 Å². The van der Waals surface area contributed by atoms with Gasteiger partial charge in [0.15, 0.2) is 17.7 Å². The van der Waals surface area contributed by atoms with Gasteiger partial charge in [0, 0.05) is 22.7 Å². The van der Waals surface area contributed by atoms with Gasteiger partial charge in [-0.25, -0.2) is 9.18 Å². The summed E-state index contributed by atoms with van der Waals surface area (Å²) in [5, 5.41) is 0.755. The lowest BCUT2D eigenvalue weighted by atomic mass is 10.1. The number of hydrogen-bond donors (Lipinski definition) is 1. The maximum Gasteiger partial charge on any atom is 0.338 e. The smallest absolute Gasteiger partial charge is 0.338 e. The predicted octanol–water partition coefficient (Wildman–Crippen LogP) is 3.74. The molecule has 0 saturated carbocycles. The minimum atomic E-state index is -1.00. The molecule has 3 rings (SSSR count). The van der Waals surface area contributed by atoms with Crippen LogP contribution in [0.25, 0.3) is 10.9 Å². The number of methoxy groups -OCH3 is 1. The van der Waals surface area contributed by atoms with Gasteiger partial charge in [0.25, 0.3) is 0 Å². The lowest BCUT2D eigenvalue weighted by molar-refractivity contribution is 0.0319. The maximum absolute atomic E-state index is 13.7. The summed E-state index contributed by atoms with van der Waals surface area (Å²) in [5.41, 5.74) is 1.27. The minimum absolute atomic E-state index is 0.0110. The fraction of sp³-hybridized carbons (Fsp3) is 0.158. The predicted molar refractivity (Wildman–Crippen MR) is 90.5 cm³/mol. The van der Waals surface area contributed by atoms with Crippen molar-refractivity contribution in [3.8, 4) is 5.75 Å². The number of Topliss-reactive ketones (excluding diaryl/α,β-unsaturated/α-hetero) is 1. The number of hydrogen-bond acceptors (Lipinski definition) is 4. The van der Waals surface area contributed by atoms with Crippen LogP contribution in [0.4, 0.5) is 4.39 Å². The molecule has 2 aromatic carbocycles. The molecule has 1 unspecified atom stereocenters. The molecule has 6 heteroatoms. The summed E-state index contributed by atoms with van der Waals surface area (Å²) in [4.78, 5) is 27.7. The van der Waals surface area contributed by atoms with E-state index in [1.807, 2.05) is 24.3 Å². The molecular weight excluding hydrogens is 325 g/mol. The highest BCUT2D eigenvalue weighted by Gasteiger charge is 2.23. The Morgan fingerprint density at radius 2 is 1.92 bits per heavy atom. The van der Waals surface area contributed by atoms with E-state index in [-0.39, 0.29) is 17.1 Å². The Balaban J connectivity index is 1.77. The highest BCUT2D eigenvalue weighted by atomic mass is 19.1. The van der Waals surface area contributed by atoms with Gasteiger partial charge in [-0.1, -0.05) is 18.2 Å². The highest BCUT2D eigenvalue weighted by molar-refractivity contribution is 6.10. The van der Waals surface area contributed by atoms with Crippen molar-refractivity contribution in [3.05, 3.63) is 65.6 Å². The van der Waals surface area contributed by atoms with Crippen molar-refractivity contribution >= 4 is 22.7 Å². The number of aromatic nitrogens is 1. The lowest BCUT2D eigenvalue weighted by Crippen LogP contribution is -2.24. The second-order valence-electron chi connectivity index (χ2n) is 5.51. The lowest BCUT2D eigenvalue weighted by Gasteiger charge is -2.12. The number of benzene rings is 2. The molecule has 0 aliphatic heterocycles. The van der Waals surface area contributed by atoms with Crippen LogP contribution in [-0.2, 0) is 4.74 Å². The van der Waals surface area contributed by atoms with Gasteiger partial charge in [0.1, 0.15) is 0 Å². The van der Waals surface area contributed by atoms with Crippen LogP contribution in [0.3, 0.4) is 0 Å². The van der Waals surface area contributed by atoms with Crippen LogP contribution in [0.5, 0.6) is 5.75 Å². The maximum atomic E-state index is 13.7. The monoisotopic (exact) mass is 341 g/mol. The zero-order valence-corrected chi connectivity index (χ0v) is 13.7. The number of aromatic amines is 1. The van der Waals surface area contributed by atoms with E-state index < -0.39 is 17.9 Å². The van der Waals surface area contributed by atoms with Crippen LogP contribution in [-0.4, -0.2) is 30.0 Å². The Morgan fingerprint density at radius 3 is 2.64 bits per heavy atom. The number of ketones is 1. The van der Waals surface area contributed by atoms with Crippen molar-refractivity contribution in [1.82, 2.24) is 4.98 Å². The third kappa shape index (κ3) is 3.24. The normalized spacial score (nSPS) is 12.0. The Morgan fingerprint density at radius 1 is 1.16 bits per heavy atom. The van der Waals surface area contributed by atoms with Crippen LogP contribution >= 0.6 is 0 Å². The van der Waals surface area contributed by atoms with Crippen LogP contribution < -0.4 is 4.74 Å². The quantitative estimate of drug-likeness (QED) is 0.567. The molecule has 0 bridgehead atoms. The standard InChI is InChI=1S/C19H16FNO4/c1-11(18(22)14-10-21-16-6-4-3-5-13(14)16)25-19(23)12-7-8-17(24-2)15(20)9-12/h3-11,21H,1-2H3. The molecule has 0 spiro atoms. The van der Waals surface area contributed by atoms with Crippen molar-refractivity contribution in [3.63, 3.8) is 0 Å². The summed E-state index contributed by atoms with van der Waals surface area (Å²) in [5.74, 6) is -1.76. The van der Waals surface area contributed by atoms with Crippen LogP contribution in [0.1, 0.15) is 27.6 Å². The molecule has 3 aromatic rings. The van der Waals surface area contributed by atoms with Crippen LogP contribution in [0, 0.1) is 5.82 Å². The van der Waals surface area contributed by atoms with Crippen molar-refractivity contribution in [2.24, 2.45) is 0 Å². The molecule has 1 atom stereocenters. The van der Waals surface area contributed by atoms with Gasteiger partial charge in [0.05, 0.1) is 12.7 Å². The summed E-state index contributed by atoms with van der Waals surface area (Å²) >= 11 is 0. The largest absolute Gasteiger partial charge is 0.494 e. The second kappa shape index (κ2) is 6.76. The first-order valence-electron chi connectivity index (χ1n) is 7.66.